The van der Waals surface area contributed by atoms with Crippen LogP contribution in [0.25, 0.3) is 0 Å². The maximum Gasteiger partial charge on any atom is 0.322 e. The van der Waals surface area contributed by atoms with Crippen molar-refractivity contribution in [1.29, 1.82) is 0 Å². The Morgan fingerprint density at radius 2 is 1.94 bits per heavy atom. The van der Waals surface area contributed by atoms with E-state index in [-0.39, 0.29) is 23.8 Å². The summed E-state index contributed by atoms with van der Waals surface area (Å²) in [5.41, 5.74) is 5.95. The molecule has 0 atom stereocenters. The van der Waals surface area contributed by atoms with E-state index < -0.39 is 0 Å². The van der Waals surface area contributed by atoms with Crippen LogP contribution in [0, 0.1) is 0 Å². The molecule has 3 N–H and O–H groups in total. The zero-order valence-electron chi connectivity index (χ0n) is 9.62. The third kappa shape index (κ3) is 2.70. The number of aromatic nitrogens is 3. The molecular weight excluding hydrogens is 234 g/mol. The number of carbonyl (C=O) groups excluding carboxylic acids is 1. The summed E-state index contributed by atoms with van der Waals surface area (Å²) in [6, 6.07) is 8.74. The minimum atomic E-state index is -0.330. The fourth-order valence-corrected chi connectivity index (χ4v) is 1.28. The summed E-state index contributed by atoms with van der Waals surface area (Å²) in [5, 5.41) is 2.51. The minimum absolute atomic E-state index is 0.0230. The highest BCUT2D eigenvalue weighted by molar-refractivity contribution is 6.03. The van der Waals surface area contributed by atoms with Gasteiger partial charge in [0, 0.05) is 5.56 Å². The molecule has 0 saturated carbocycles. The van der Waals surface area contributed by atoms with E-state index in [1.807, 2.05) is 6.07 Å². The maximum atomic E-state index is 11.8. The van der Waals surface area contributed by atoms with Crippen LogP contribution in [0.2, 0.25) is 0 Å². The molecule has 0 saturated heterocycles. The van der Waals surface area contributed by atoms with E-state index in [9.17, 15) is 4.79 Å². The highest BCUT2D eigenvalue weighted by atomic mass is 16.5. The summed E-state index contributed by atoms with van der Waals surface area (Å²) >= 11 is 0. The predicted octanol–water partition coefficient (Wildman–Crippen LogP) is 0.715. The molecule has 0 unspecified atom stereocenters. The van der Waals surface area contributed by atoms with E-state index in [4.69, 9.17) is 10.5 Å². The lowest BCUT2D eigenvalue weighted by molar-refractivity contribution is 0.102. The van der Waals surface area contributed by atoms with Gasteiger partial charge in [-0.3, -0.25) is 10.1 Å². The topological polar surface area (TPSA) is 103 Å². The molecule has 7 heteroatoms. The van der Waals surface area contributed by atoms with Crippen LogP contribution in [0.4, 0.5) is 11.9 Å². The number of carbonyl (C=O) groups is 1. The van der Waals surface area contributed by atoms with Crippen molar-refractivity contribution < 1.29 is 9.53 Å². The molecule has 0 bridgehead atoms. The Labute approximate surface area is 103 Å². The van der Waals surface area contributed by atoms with Gasteiger partial charge in [-0.25, -0.2) is 0 Å². The molecule has 0 fully saturated rings. The van der Waals surface area contributed by atoms with E-state index in [2.05, 4.69) is 20.3 Å². The molecular formula is C11H11N5O2. The number of nitrogens with two attached hydrogens (primary N) is 1. The molecule has 2 rings (SSSR count). The van der Waals surface area contributed by atoms with Crippen LogP contribution < -0.4 is 15.8 Å². The van der Waals surface area contributed by atoms with Gasteiger partial charge in [0.2, 0.25) is 11.9 Å². The molecule has 1 heterocycles. The van der Waals surface area contributed by atoms with Gasteiger partial charge >= 0.3 is 6.01 Å². The quantitative estimate of drug-likeness (QED) is 0.825. The molecule has 1 aromatic carbocycles. The molecule has 0 spiro atoms. The number of benzene rings is 1. The second-order valence-corrected chi connectivity index (χ2v) is 3.32. The monoisotopic (exact) mass is 245 g/mol. The highest BCUT2D eigenvalue weighted by Crippen LogP contribution is 2.09. The van der Waals surface area contributed by atoms with Crippen LogP contribution in [-0.2, 0) is 0 Å². The van der Waals surface area contributed by atoms with Crippen molar-refractivity contribution in [3.05, 3.63) is 35.9 Å². The van der Waals surface area contributed by atoms with Crippen LogP contribution in [0.1, 0.15) is 10.4 Å². The SMILES string of the molecule is COc1nc(N)nc(NC(=O)c2ccccc2)n1. The van der Waals surface area contributed by atoms with Gasteiger partial charge in [-0.1, -0.05) is 18.2 Å². The van der Waals surface area contributed by atoms with Crippen molar-refractivity contribution in [2.75, 3.05) is 18.2 Å². The fourth-order valence-electron chi connectivity index (χ4n) is 1.28. The number of hydrogen-bond donors (Lipinski definition) is 2. The Morgan fingerprint density at radius 1 is 1.22 bits per heavy atom. The smallest absolute Gasteiger partial charge is 0.322 e. The zero-order valence-corrected chi connectivity index (χ0v) is 9.62. The summed E-state index contributed by atoms with van der Waals surface area (Å²) in [6.07, 6.45) is 0. The normalized spacial score (nSPS) is 9.83. The Morgan fingerprint density at radius 3 is 2.61 bits per heavy atom. The first-order valence-electron chi connectivity index (χ1n) is 5.11. The lowest BCUT2D eigenvalue weighted by Crippen LogP contribution is -2.15. The number of rotatable bonds is 3. The van der Waals surface area contributed by atoms with Gasteiger partial charge in [0.05, 0.1) is 7.11 Å². The minimum Gasteiger partial charge on any atom is -0.467 e. The molecule has 1 amide bonds. The van der Waals surface area contributed by atoms with Gasteiger partial charge in [0.25, 0.3) is 5.91 Å². The van der Waals surface area contributed by atoms with Gasteiger partial charge in [0.15, 0.2) is 0 Å². The van der Waals surface area contributed by atoms with Crippen molar-refractivity contribution in [3.8, 4) is 6.01 Å². The van der Waals surface area contributed by atoms with E-state index >= 15 is 0 Å². The lowest BCUT2D eigenvalue weighted by Gasteiger charge is -2.05. The van der Waals surface area contributed by atoms with Gasteiger partial charge in [-0.05, 0) is 12.1 Å². The molecule has 2 aromatic rings. The number of methoxy groups -OCH3 is 1. The Hall–Kier alpha value is -2.70. The second-order valence-electron chi connectivity index (χ2n) is 3.32. The van der Waals surface area contributed by atoms with Crippen molar-refractivity contribution in [2.24, 2.45) is 0 Å². The Kier molecular flexibility index (Phi) is 3.33. The molecule has 92 valence electrons. The largest absolute Gasteiger partial charge is 0.467 e. The lowest BCUT2D eigenvalue weighted by atomic mass is 10.2. The number of amides is 1. The van der Waals surface area contributed by atoms with Crippen molar-refractivity contribution in [2.45, 2.75) is 0 Å². The number of anilines is 2. The number of ether oxygens (including phenoxy) is 1. The Balaban J connectivity index is 2.19. The van der Waals surface area contributed by atoms with Crippen LogP contribution in [0.15, 0.2) is 30.3 Å². The van der Waals surface area contributed by atoms with Gasteiger partial charge in [0.1, 0.15) is 0 Å². The summed E-state index contributed by atoms with van der Waals surface area (Å²) in [5.74, 6) is -0.304. The molecule has 1 aromatic heterocycles. The number of nitrogen functional groups attached to an aromatic ring is 1. The predicted molar refractivity (Wildman–Crippen MR) is 65.2 cm³/mol. The van der Waals surface area contributed by atoms with Crippen molar-refractivity contribution >= 4 is 17.8 Å². The maximum absolute atomic E-state index is 11.8. The van der Waals surface area contributed by atoms with E-state index in [1.165, 1.54) is 7.11 Å². The molecule has 18 heavy (non-hydrogen) atoms. The number of nitrogens with one attached hydrogen (secondary N) is 1. The average Bonchev–Trinajstić information content (AvgIpc) is 2.39. The number of hydrogen-bond acceptors (Lipinski definition) is 6. The first kappa shape index (κ1) is 11.8. The summed E-state index contributed by atoms with van der Waals surface area (Å²) in [4.78, 5) is 23.2. The van der Waals surface area contributed by atoms with Gasteiger partial charge in [-0.15, -0.1) is 0 Å². The summed E-state index contributed by atoms with van der Waals surface area (Å²) in [6.45, 7) is 0. The van der Waals surface area contributed by atoms with Crippen LogP contribution in [0.3, 0.4) is 0 Å². The summed E-state index contributed by atoms with van der Waals surface area (Å²) < 4.78 is 4.83. The third-order valence-electron chi connectivity index (χ3n) is 2.08. The third-order valence-corrected chi connectivity index (χ3v) is 2.08. The van der Waals surface area contributed by atoms with Crippen molar-refractivity contribution in [1.82, 2.24) is 15.0 Å². The van der Waals surface area contributed by atoms with Crippen LogP contribution in [0.5, 0.6) is 6.01 Å². The summed E-state index contributed by atoms with van der Waals surface area (Å²) in [7, 11) is 1.40. The average molecular weight is 245 g/mol. The first-order chi connectivity index (χ1) is 8.69. The van der Waals surface area contributed by atoms with Crippen LogP contribution >= 0.6 is 0 Å². The van der Waals surface area contributed by atoms with Gasteiger partial charge in [-0.2, -0.15) is 15.0 Å². The standard InChI is InChI=1S/C11H11N5O2/c1-18-11-15-9(12)14-10(16-11)13-8(17)7-5-3-2-4-6-7/h2-6H,1H3,(H3,12,13,14,15,16,17). The highest BCUT2D eigenvalue weighted by Gasteiger charge is 2.09. The Bertz CT molecular complexity index is 559. The molecule has 0 aliphatic rings. The molecule has 0 aliphatic heterocycles. The molecule has 0 radical (unpaired) electrons. The second kappa shape index (κ2) is 5.09. The van der Waals surface area contributed by atoms with Gasteiger partial charge < -0.3 is 10.5 Å². The molecule has 7 nitrogen and oxygen atoms in total. The van der Waals surface area contributed by atoms with E-state index in [0.29, 0.717) is 5.56 Å². The number of nitrogens with zero attached hydrogens (tertiary/aromatic N) is 3. The van der Waals surface area contributed by atoms with E-state index in [1.54, 1.807) is 24.3 Å². The van der Waals surface area contributed by atoms with Crippen LogP contribution in [-0.4, -0.2) is 28.0 Å². The fraction of sp³-hybridized carbons (Fsp3) is 0.0909. The first-order valence-corrected chi connectivity index (χ1v) is 5.11. The van der Waals surface area contributed by atoms with E-state index in [0.717, 1.165) is 0 Å². The zero-order chi connectivity index (χ0) is 13.0. The van der Waals surface area contributed by atoms with Crippen molar-refractivity contribution in [3.63, 3.8) is 0 Å². The molecule has 0 aliphatic carbocycles.